The fourth-order valence-electron chi connectivity index (χ4n) is 10.9. The number of fused-ring (bicyclic) bond motifs is 9. The van der Waals surface area contributed by atoms with Gasteiger partial charge in [0.1, 0.15) is 0 Å². The summed E-state index contributed by atoms with van der Waals surface area (Å²) in [5.74, 6) is 1.12. The van der Waals surface area contributed by atoms with Gasteiger partial charge < -0.3 is 19.4 Å². The van der Waals surface area contributed by atoms with Crippen LogP contribution in [-0.2, 0) is 0 Å². The molecule has 0 aliphatic heterocycles. The molecule has 4 aromatic carbocycles. The van der Waals surface area contributed by atoms with Crippen molar-refractivity contribution in [3.05, 3.63) is 167 Å². The maximum Gasteiger partial charge on any atom is 0.0539 e. The molecule has 0 amide bonds. The number of unbranched alkanes of at least 4 members (excludes halogenated alkanes) is 1. The van der Waals surface area contributed by atoms with Gasteiger partial charge in [-0.2, -0.15) is 0 Å². The molecule has 4 nitrogen and oxygen atoms in total. The summed E-state index contributed by atoms with van der Waals surface area (Å²) < 4.78 is 7.55. The summed E-state index contributed by atoms with van der Waals surface area (Å²) >= 11 is 0. The third kappa shape index (κ3) is 6.14. The Bertz CT molecular complexity index is 2860. The van der Waals surface area contributed by atoms with Crippen molar-refractivity contribution in [2.45, 2.75) is 89.9 Å². The van der Waals surface area contributed by atoms with E-state index in [0.29, 0.717) is 18.4 Å². The highest BCUT2D eigenvalue weighted by Gasteiger charge is 2.31. The Kier molecular flexibility index (Phi) is 9.98. The molecule has 3 aliphatic carbocycles. The Morgan fingerprint density at radius 2 is 1.44 bits per heavy atom. The van der Waals surface area contributed by atoms with Crippen LogP contribution in [0.3, 0.4) is 0 Å². The van der Waals surface area contributed by atoms with Gasteiger partial charge in [-0.15, -0.1) is 0 Å². The van der Waals surface area contributed by atoms with Crippen LogP contribution in [0.15, 0.2) is 133 Å². The number of para-hydroxylation sites is 2. The SMILES string of the molecule is C/C=C\c1c(C(CN)CCCC)c2cc(-n3c4c(c5ccccc53)C3CCCC3=CC=C4)ccc2n1-c1ccc2c(c1)c1c(n2-c2ccccc2)/C=C\C=C/CC1CC. The second-order valence-corrected chi connectivity index (χ2v) is 16.9. The molecule has 10 rings (SSSR count). The average Bonchev–Trinajstić information content (AvgIpc) is 3.98. The van der Waals surface area contributed by atoms with E-state index in [0.717, 1.165) is 32.1 Å². The predicted molar refractivity (Wildman–Crippen MR) is 253 cm³/mol. The van der Waals surface area contributed by atoms with Crippen molar-refractivity contribution in [3.63, 3.8) is 0 Å². The van der Waals surface area contributed by atoms with Gasteiger partial charge in [0.25, 0.3) is 0 Å². The number of benzene rings is 4. The average molecular weight is 773 g/mol. The van der Waals surface area contributed by atoms with Gasteiger partial charge in [0, 0.05) is 39.1 Å². The van der Waals surface area contributed by atoms with Crippen LogP contribution in [0.25, 0.3) is 68.0 Å². The number of hydrogen-bond donors (Lipinski definition) is 1. The summed E-state index contributed by atoms with van der Waals surface area (Å²) in [6.45, 7) is 7.39. The van der Waals surface area contributed by atoms with E-state index in [2.05, 4.69) is 180 Å². The van der Waals surface area contributed by atoms with Crippen LogP contribution in [0, 0.1) is 0 Å². The molecule has 0 radical (unpaired) electrons. The number of nitrogens with two attached hydrogens (primary N) is 1. The minimum absolute atomic E-state index is 0.230. The van der Waals surface area contributed by atoms with Crippen LogP contribution >= 0.6 is 0 Å². The number of allylic oxidation sites excluding steroid dienone is 7. The minimum atomic E-state index is 0.230. The molecule has 0 saturated heterocycles. The van der Waals surface area contributed by atoms with Crippen LogP contribution in [0.4, 0.5) is 0 Å². The van der Waals surface area contributed by atoms with Crippen LogP contribution in [-0.4, -0.2) is 20.2 Å². The Morgan fingerprint density at radius 3 is 2.24 bits per heavy atom. The molecule has 0 bridgehead atoms. The standard InChI is InChI=1S/C55H56N4/c1-4-7-19-39(36-56)54-46-35-41(58-47-27-15-14-25-44(47)55-43-26-16-21-38(43)22-17-29-52(55)58)31-33-49(46)59(50(54)18-5-2)42-30-32-48-45(34-42)53-37(6-3)20-10-8-13-28-51(53)57(48)40-23-11-9-12-24-40/h5,8-15,17-18,22-25,27-35,37,39,43H,4,6-7,16,19-21,26,36,56H2,1-3H3/b10-8-,18-5-,28-13-. The van der Waals surface area contributed by atoms with Crippen molar-refractivity contribution in [1.29, 1.82) is 0 Å². The molecule has 2 N–H and O–H groups in total. The molecule has 59 heavy (non-hydrogen) atoms. The first-order valence-corrected chi connectivity index (χ1v) is 22.2. The molecule has 1 saturated carbocycles. The van der Waals surface area contributed by atoms with Crippen LogP contribution in [0.2, 0.25) is 0 Å². The van der Waals surface area contributed by atoms with E-state index in [1.807, 2.05) is 0 Å². The smallest absolute Gasteiger partial charge is 0.0539 e. The Hall–Kier alpha value is -5.84. The minimum Gasteiger partial charge on any atom is -0.330 e. The number of rotatable bonds is 10. The second-order valence-electron chi connectivity index (χ2n) is 16.9. The number of nitrogens with zero attached hydrogens (tertiary/aromatic N) is 3. The van der Waals surface area contributed by atoms with Gasteiger partial charge in [-0.05, 0) is 153 Å². The Balaban J connectivity index is 1.25. The summed E-state index contributed by atoms with van der Waals surface area (Å²) in [7, 11) is 0. The summed E-state index contributed by atoms with van der Waals surface area (Å²) in [5.41, 5.74) is 23.9. The van der Waals surface area contributed by atoms with E-state index in [4.69, 9.17) is 5.73 Å². The fraction of sp³-hybridized carbons (Fsp3) is 0.273. The lowest BCUT2D eigenvalue weighted by atomic mass is 9.89. The number of aromatic nitrogens is 3. The third-order valence-corrected chi connectivity index (χ3v) is 13.6. The number of hydrogen-bond acceptors (Lipinski definition) is 1. The zero-order valence-corrected chi connectivity index (χ0v) is 34.9. The van der Waals surface area contributed by atoms with E-state index in [1.54, 1.807) is 5.57 Å². The lowest BCUT2D eigenvalue weighted by Gasteiger charge is -2.18. The van der Waals surface area contributed by atoms with Gasteiger partial charge in [-0.1, -0.05) is 105 Å². The van der Waals surface area contributed by atoms with Crippen molar-refractivity contribution in [3.8, 4) is 17.1 Å². The van der Waals surface area contributed by atoms with E-state index in [-0.39, 0.29) is 5.92 Å². The first kappa shape index (κ1) is 37.4. The monoisotopic (exact) mass is 772 g/mol. The van der Waals surface area contributed by atoms with Crippen LogP contribution < -0.4 is 5.73 Å². The van der Waals surface area contributed by atoms with E-state index < -0.39 is 0 Å². The molecule has 3 aliphatic rings. The summed E-state index contributed by atoms with van der Waals surface area (Å²) in [4.78, 5) is 0. The highest BCUT2D eigenvalue weighted by Crippen LogP contribution is 2.48. The second kappa shape index (κ2) is 15.7. The third-order valence-electron chi connectivity index (χ3n) is 13.6. The summed E-state index contributed by atoms with van der Waals surface area (Å²) in [5, 5.41) is 4.00. The Morgan fingerprint density at radius 1 is 0.729 bits per heavy atom. The van der Waals surface area contributed by atoms with Gasteiger partial charge >= 0.3 is 0 Å². The maximum absolute atomic E-state index is 6.81. The molecule has 7 aromatic rings. The van der Waals surface area contributed by atoms with E-state index in [9.17, 15) is 0 Å². The zero-order valence-electron chi connectivity index (χ0n) is 34.9. The lowest BCUT2D eigenvalue weighted by Crippen LogP contribution is -2.14. The molecule has 3 heterocycles. The molecule has 3 atom stereocenters. The highest BCUT2D eigenvalue weighted by atomic mass is 15.0. The summed E-state index contributed by atoms with van der Waals surface area (Å²) in [6, 6.07) is 34.4. The lowest BCUT2D eigenvalue weighted by molar-refractivity contribution is 0.593. The van der Waals surface area contributed by atoms with Gasteiger partial charge in [-0.3, -0.25) is 0 Å². The molecule has 1 fully saturated rings. The van der Waals surface area contributed by atoms with Crippen molar-refractivity contribution < 1.29 is 0 Å². The summed E-state index contributed by atoms with van der Waals surface area (Å²) in [6.07, 6.45) is 29.8. The topological polar surface area (TPSA) is 40.8 Å². The van der Waals surface area contributed by atoms with Gasteiger partial charge in [0.05, 0.1) is 33.6 Å². The molecule has 3 unspecified atom stereocenters. The predicted octanol–water partition coefficient (Wildman–Crippen LogP) is 14.5. The van der Waals surface area contributed by atoms with Crippen molar-refractivity contribution in [2.75, 3.05) is 6.54 Å². The van der Waals surface area contributed by atoms with Gasteiger partial charge in [-0.25, -0.2) is 0 Å². The fourth-order valence-corrected chi connectivity index (χ4v) is 10.9. The van der Waals surface area contributed by atoms with Crippen molar-refractivity contribution in [1.82, 2.24) is 13.7 Å². The largest absolute Gasteiger partial charge is 0.330 e. The van der Waals surface area contributed by atoms with E-state index in [1.165, 1.54) is 103 Å². The molecule has 3 aromatic heterocycles. The molecule has 4 heteroatoms. The highest BCUT2D eigenvalue weighted by molar-refractivity contribution is 5.97. The first-order chi connectivity index (χ1) is 29.1. The van der Waals surface area contributed by atoms with E-state index >= 15 is 0 Å². The zero-order chi connectivity index (χ0) is 40.0. The Labute approximate surface area is 349 Å². The quantitative estimate of drug-likeness (QED) is 0.148. The molecule has 296 valence electrons. The van der Waals surface area contributed by atoms with Crippen LogP contribution in [0.5, 0.6) is 0 Å². The van der Waals surface area contributed by atoms with Crippen LogP contribution in [0.1, 0.15) is 124 Å². The molecular formula is C55H56N4. The molecular weight excluding hydrogens is 717 g/mol. The van der Waals surface area contributed by atoms with Crippen molar-refractivity contribution >= 4 is 50.9 Å². The maximum atomic E-state index is 6.81. The van der Waals surface area contributed by atoms with Crippen molar-refractivity contribution in [2.24, 2.45) is 5.73 Å². The molecule has 0 spiro atoms. The first-order valence-electron chi connectivity index (χ1n) is 22.2. The van der Waals surface area contributed by atoms with Gasteiger partial charge in [0.2, 0.25) is 0 Å². The van der Waals surface area contributed by atoms with Gasteiger partial charge in [0.15, 0.2) is 0 Å². The normalized spacial score (nSPS) is 19.1.